The first-order valence-corrected chi connectivity index (χ1v) is 7.38. The molecular formula is C16H23N5. The maximum atomic E-state index is 4.58. The van der Waals surface area contributed by atoms with Crippen molar-refractivity contribution >= 4 is 11.6 Å². The molecule has 2 aromatic rings. The van der Waals surface area contributed by atoms with E-state index < -0.39 is 0 Å². The molecule has 0 unspecified atom stereocenters. The minimum absolute atomic E-state index is 0.755. The first-order chi connectivity index (χ1) is 10.2. The van der Waals surface area contributed by atoms with Crippen LogP contribution < -0.4 is 10.2 Å². The molecule has 0 radical (unpaired) electrons. The highest BCUT2D eigenvalue weighted by atomic mass is 15.2. The molecule has 0 bridgehead atoms. The van der Waals surface area contributed by atoms with E-state index in [1.165, 1.54) is 0 Å². The maximum Gasteiger partial charge on any atom is 0.137 e. The molecule has 0 fully saturated rings. The Labute approximate surface area is 126 Å². The molecule has 5 nitrogen and oxygen atoms in total. The summed E-state index contributed by atoms with van der Waals surface area (Å²) < 4.78 is 0. The monoisotopic (exact) mass is 285 g/mol. The Bertz CT molecular complexity index is 597. The molecule has 0 aliphatic heterocycles. The first-order valence-electron chi connectivity index (χ1n) is 7.38. The Morgan fingerprint density at radius 1 is 1.19 bits per heavy atom. The van der Waals surface area contributed by atoms with Gasteiger partial charge >= 0.3 is 0 Å². The van der Waals surface area contributed by atoms with Crippen LogP contribution in [-0.2, 0) is 13.0 Å². The molecule has 2 heterocycles. The fourth-order valence-corrected chi connectivity index (χ4v) is 2.44. The molecular weight excluding hydrogens is 262 g/mol. The summed E-state index contributed by atoms with van der Waals surface area (Å²) in [7, 11) is 1.89. The lowest BCUT2D eigenvalue weighted by atomic mass is 10.2. The van der Waals surface area contributed by atoms with Gasteiger partial charge in [-0.25, -0.2) is 9.97 Å². The molecule has 2 rings (SSSR count). The summed E-state index contributed by atoms with van der Waals surface area (Å²) in [5, 5.41) is 3.15. The quantitative estimate of drug-likeness (QED) is 0.884. The van der Waals surface area contributed by atoms with E-state index in [2.05, 4.69) is 45.1 Å². The van der Waals surface area contributed by atoms with Crippen molar-refractivity contribution in [1.82, 2.24) is 15.0 Å². The molecule has 0 aliphatic rings. The average molecular weight is 285 g/mol. The molecule has 1 N–H and O–H groups in total. The van der Waals surface area contributed by atoms with E-state index in [0.29, 0.717) is 0 Å². The van der Waals surface area contributed by atoms with Gasteiger partial charge in [-0.1, -0.05) is 13.0 Å². The summed E-state index contributed by atoms with van der Waals surface area (Å²) in [4.78, 5) is 15.6. The predicted octanol–water partition coefficient (Wildman–Crippen LogP) is 2.81. The second-order valence-corrected chi connectivity index (χ2v) is 4.91. The van der Waals surface area contributed by atoms with Crippen LogP contribution in [0.3, 0.4) is 0 Å². The highest BCUT2D eigenvalue weighted by molar-refractivity contribution is 5.58. The van der Waals surface area contributed by atoms with Gasteiger partial charge in [0.15, 0.2) is 0 Å². The number of nitrogens with zero attached hydrogens (tertiary/aromatic N) is 4. The largest absolute Gasteiger partial charge is 0.373 e. The lowest BCUT2D eigenvalue weighted by Gasteiger charge is -2.24. The summed E-state index contributed by atoms with van der Waals surface area (Å²) >= 11 is 0. The standard InChI is InChI=1S/C16H23N5/c1-5-14-15(17-4)18-11-19-16(14)21(6-2)10-13-9-7-8-12(3)20-13/h7-9,11H,5-6,10H2,1-4H3,(H,17,18,19). The fraction of sp³-hybridized carbons (Fsp3) is 0.438. The summed E-state index contributed by atoms with van der Waals surface area (Å²) in [6.07, 6.45) is 2.51. The van der Waals surface area contributed by atoms with E-state index in [-0.39, 0.29) is 0 Å². The number of anilines is 2. The highest BCUT2D eigenvalue weighted by Gasteiger charge is 2.15. The number of rotatable bonds is 6. The molecule has 0 aliphatic carbocycles. The fourth-order valence-electron chi connectivity index (χ4n) is 2.44. The smallest absolute Gasteiger partial charge is 0.137 e. The van der Waals surface area contributed by atoms with Crippen LogP contribution in [0.2, 0.25) is 0 Å². The Morgan fingerprint density at radius 3 is 2.62 bits per heavy atom. The lowest BCUT2D eigenvalue weighted by Crippen LogP contribution is -2.25. The number of pyridine rings is 1. The number of hydrogen-bond acceptors (Lipinski definition) is 5. The second kappa shape index (κ2) is 7.02. The van der Waals surface area contributed by atoms with Crippen LogP contribution in [0.25, 0.3) is 0 Å². The van der Waals surface area contributed by atoms with Crippen molar-refractivity contribution in [1.29, 1.82) is 0 Å². The number of aryl methyl sites for hydroxylation is 1. The van der Waals surface area contributed by atoms with E-state index in [1.54, 1.807) is 6.33 Å². The Kier molecular flexibility index (Phi) is 5.09. The van der Waals surface area contributed by atoms with Crippen molar-refractivity contribution < 1.29 is 0 Å². The van der Waals surface area contributed by atoms with Gasteiger partial charge in [-0.3, -0.25) is 4.98 Å². The molecule has 0 saturated carbocycles. The summed E-state index contributed by atoms with van der Waals surface area (Å²) in [5.74, 6) is 1.89. The van der Waals surface area contributed by atoms with Gasteiger partial charge < -0.3 is 10.2 Å². The van der Waals surface area contributed by atoms with Crippen LogP contribution in [0.1, 0.15) is 30.8 Å². The van der Waals surface area contributed by atoms with Gasteiger partial charge in [0, 0.05) is 24.8 Å². The average Bonchev–Trinajstić information content (AvgIpc) is 2.51. The number of aromatic nitrogens is 3. The summed E-state index contributed by atoms with van der Waals surface area (Å²) in [5.41, 5.74) is 3.25. The minimum Gasteiger partial charge on any atom is -0.373 e. The zero-order valence-corrected chi connectivity index (χ0v) is 13.2. The zero-order chi connectivity index (χ0) is 15.2. The summed E-state index contributed by atoms with van der Waals surface area (Å²) in [6, 6.07) is 6.12. The van der Waals surface area contributed by atoms with Gasteiger partial charge in [0.25, 0.3) is 0 Å². The highest BCUT2D eigenvalue weighted by Crippen LogP contribution is 2.24. The third-order valence-corrected chi connectivity index (χ3v) is 3.49. The van der Waals surface area contributed by atoms with Crippen molar-refractivity contribution in [2.24, 2.45) is 0 Å². The van der Waals surface area contributed by atoms with Gasteiger partial charge in [-0.2, -0.15) is 0 Å². The van der Waals surface area contributed by atoms with Gasteiger partial charge in [0.05, 0.1) is 12.2 Å². The van der Waals surface area contributed by atoms with E-state index >= 15 is 0 Å². The normalized spacial score (nSPS) is 10.5. The SMILES string of the molecule is CCc1c(NC)ncnc1N(CC)Cc1cccc(C)n1. The topological polar surface area (TPSA) is 53.9 Å². The molecule has 0 saturated heterocycles. The third-order valence-electron chi connectivity index (χ3n) is 3.49. The van der Waals surface area contributed by atoms with Crippen LogP contribution in [0.15, 0.2) is 24.5 Å². The van der Waals surface area contributed by atoms with E-state index in [9.17, 15) is 0 Å². The van der Waals surface area contributed by atoms with Crippen LogP contribution in [0, 0.1) is 6.92 Å². The third kappa shape index (κ3) is 3.48. The first kappa shape index (κ1) is 15.2. The molecule has 0 spiro atoms. The van der Waals surface area contributed by atoms with Crippen molar-refractivity contribution in [2.45, 2.75) is 33.7 Å². The lowest BCUT2D eigenvalue weighted by molar-refractivity contribution is 0.779. The number of nitrogens with one attached hydrogen (secondary N) is 1. The molecule has 0 amide bonds. The van der Waals surface area contributed by atoms with Gasteiger partial charge in [-0.05, 0) is 32.4 Å². The maximum absolute atomic E-state index is 4.58. The predicted molar refractivity (Wildman–Crippen MR) is 86.7 cm³/mol. The Hall–Kier alpha value is -2.17. The molecule has 0 aromatic carbocycles. The second-order valence-electron chi connectivity index (χ2n) is 4.91. The van der Waals surface area contributed by atoms with Gasteiger partial charge in [-0.15, -0.1) is 0 Å². The van der Waals surface area contributed by atoms with Crippen molar-refractivity contribution in [3.05, 3.63) is 41.5 Å². The van der Waals surface area contributed by atoms with Crippen LogP contribution in [0.5, 0.6) is 0 Å². The van der Waals surface area contributed by atoms with Crippen molar-refractivity contribution in [3.8, 4) is 0 Å². The molecule has 0 atom stereocenters. The van der Waals surface area contributed by atoms with E-state index in [4.69, 9.17) is 0 Å². The van der Waals surface area contributed by atoms with Crippen LogP contribution >= 0.6 is 0 Å². The minimum atomic E-state index is 0.755. The molecule has 112 valence electrons. The summed E-state index contributed by atoms with van der Waals surface area (Å²) in [6.45, 7) is 7.91. The van der Waals surface area contributed by atoms with E-state index in [0.717, 1.165) is 48.1 Å². The van der Waals surface area contributed by atoms with Crippen LogP contribution in [-0.4, -0.2) is 28.5 Å². The van der Waals surface area contributed by atoms with Gasteiger partial charge in [0.1, 0.15) is 18.0 Å². The Balaban J connectivity index is 2.33. The van der Waals surface area contributed by atoms with Crippen LogP contribution in [0.4, 0.5) is 11.6 Å². The van der Waals surface area contributed by atoms with Crippen molar-refractivity contribution in [2.75, 3.05) is 23.8 Å². The van der Waals surface area contributed by atoms with Crippen molar-refractivity contribution in [3.63, 3.8) is 0 Å². The Morgan fingerprint density at radius 2 is 2.00 bits per heavy atom. The number of hydrogen-bond donors (Lipinski definition) is 1. The van der Waals surface area contributed by atoms with E-state index in [1.807, 2.05) is 26.1 Å². The molecule has 5 heteroatoms. The molecule has 2 aromatic heterocycles. The molecule has 21 heavy (non-hydrogen) atoms. The van der Waals surface area contributed by atoms with Gasteiger partial charge in [0.2, 0.25) is 0 Å². The zero-order valence-electron chi connectivity index (χ0n) is 13.2.